The van der Waals surface area contributed by atoms with Gasteiger partial charge in [0, 0.05) is 6.04 Å². The van der Waals surface area contributed by atoms with E-state index in [0.717, 1.165) is 19.3 Å². The number of esters is 1. The van der Waals surface area contributed by atoms with Gasteiger partial charge in [-0.1, -0.05) is 0 Å². The van der Waals surface area contributed by atoms with Crippen molar-refractivity contribution >= 4 is 5.97 Å². The van der Waals surface area contributed by atoms with Crippen molar-refractivity contribution in [3.63, 3.8) is 0 Å². The molecule has 4 atom stereocenters. The fourth-order valence-corrected chi connectivity index (χ4v) is 2.76. The maximum absolute atomic E-state index is 11.2. The van der Waals surface area contributed by atoms with Crippen molar-refractivity contribution in [3.8, 4) is 0 Å². The molecule has 2 rings (SSSR count). The van der Waals surface area contributed by atoms with Gasteiger partial charge >= 0.3 is 5.97 Å². The second kappa shape index (κ2) is 2.73. The Morgan fingerprint density at radius 1 is 1.33 bits per heavy atom. The molecular weight excluding hydrogens is 154 g/mol. The minimum atomic E-state index is -0.0330. The molecule has 68 valence electrons. The summed E-state index contributed by atoms with van der Waals surface area (Å²) in [6, 6.07) is 0.343. The van der Waals surface area contributed by atoms with Crippen molar-refractivity contribution in [2.75, 3.05) is 7.11 Å². The second-order valence-electron chi connectivity index (χ2n) is 4.02. The molecule has 2 saturated carbocycles. The van der Waals surface area contributed by atoms with Gasteiger partial charge in [0.25, 0.3) is 0 Å². The molecule has 2 N–H and O–H groups in total. The number of hydrogen-bond donors (Lipinski definition) is 1. The van der Waals surface area contributed by atoms with Crippen LogP contribution in [-0.2, 0) is 9.53 Å². The zero-order valence-corrected chi connectivity index (χ0v) is 7.32. The number of carbonyl (C=O) groups is 1. The summed E-state index contributed by atoms with van der Waals surface area (Å²) in [6.45, 7) is 0. The van der Waals surface area contributed by atoms with Gasteiger partial charge < -0.3 is 10.5 Å². The number of hydrogen-bond acceptors (Lipinski definition) is 3. The molecule has 12 heavy (non-hydrogen) atoms. The first kappa shape index (κ1) is 8.05. The first-order valence-corrected chi connectivity index (χ1v) is 4.55. The molecule has 0 aliphatic heterocycles. The van der Waals surface area contributed by atoms with Crippen molar-refractivity contribution in [2.45, 2.75) is 25.3 Å². The highest BCUT2D eigenvalue weighted by Gasteiger charge is 2.47. The Hall–Kier alpha value is -0.570. The Balaban J connectivity index is 2.02. The van der Waals surface area contributed by atoms with Gasteiger partial charge in [-0.2, -0.15) is 0 Å². The molecule has 3 heteroatoms. The molecule has 2 aliphatic rings. The average molecular weight is 169 g/mol. The molecule has 2 fully saturated rings. The maximum atomic E-state index is 11.2. The molecule has 0 spiro atoms. The van der Waals surface area contributed by atoms with Gasteiger partial charge in [0.1, 0.15) is 0 Å². The lowest BCUT2D eigenvalue weighted by atomic mass is 9.86. The minimum Gasteiger partial charge on any atom is -0.469 e. The third-order valence-electron chi connectivity index (χ3n) is 3.42. The van der Waals surface area contributed by atoms with Crippen LogP contribution in [0.25, 0.3) is 0 Å². The molecule has 0 aromatic rings. The molecule has 0 aromatic heterocycles. The van der Waals surface area contributed by atoms with E-state index in [1.807, 2.05) is 0 Å². The molecular formula is C9H15NO2. The normalized spacial score (nSPS) is 44.8. The Kier molecular flexibility index (Phi) is 1.83. The maximum Gasteiger partial charge on any atom is 0.308 e. The highest BCUT2D eigenvalue weighted by molar-refractivity contribution is 5.73. The summed E-state index contributed by atoms with van der Waals surface area (Å²) in [6.07, 6.45) is 3.11. The molecule has 0 amide bonds. The SMILES string of the molecule is COC(=O)[C@H]1C[C@@H]2C[C@H]1CC2N. The number of ether oxygens (including phenoxy) is 1. The Morgan fingerprint density at radius 2 is 2.08 bits per heavy atom. The molecule has 0 radical (unpaired) electrons. The van der Waals surface area contributed by atoms with Crippen molar-refractivity contribution in [2.24, 2.45) is 23.5 Å². The van der Waals surface area contributed by atoms with Crippen LogP contribution in [0.15, 0.2) is 0 Å². The monoisotopic (exact) mass is 169 g/mol. The zero-order valence-electron chi connectivity index (χ0n) is 7.32. The van der Waals surface area contributed by atoms with Crippen molar-refractivity contribution < 1.29 is 9.53 Å². The van der Waals surface area contributed by atoms with E-state index in [9.17, 15) is 4.79 Å². The van der Waals surface area contributed by atoms with Crippen LogP contribution in [0.5, 0.6) is 0 Å². The van der Waals surface area contributed by atoms with Crippen LogP contribution in [0.4, 0.5) is 0 Å². The second-order valence-corrected chi connectivity index (χ2v) is 4.02. The first-order chi connectivity index (χ1) is 5.72. The predicted octanol–water partition coefficient (Wildman–Crippen LogP) is 0.533. The van der Waals surface area contributed by atoms with Gasteiger partial charge in [0.15, 0.2) is 0 Å². The lowest BCUT2D eigenvalue weighted by Gasteiger charge is -2.23. The summed E-state index contributed by atoms with van der Waals surface area (Å²) < 4.78 is 4.74. The summed E-state index contributed by atoms with van der Waals surface area (Å²) in [7, 11) is 1.47. The summed E-state index contributed by atoms with van der Waals surface area (Å²) in [5.41, 5.74) is 5.87. The van der Waals surface area contributed by atoms with E-state index in [0.29, 0.717) is 17.9 Å². The van der Waals surface area contributed by atoms with E-state index in [-0.39, 0.29) is 11.9 Å². The van der Waals surface area contributed by atoms with E-state index >= 15 is 0 Å². The standard InChI is InChI=1S/C9H15NO2/c1-12-9(11)7-3-6-2-5(7)4-8(6)10/h5-8H,2-4,10H2,1H3/t5-,6-,7-,8?/m0/s1. The van der Waals surface area contributed by atoms with Crippen molar-refractivity contribution in [1.82, 2.24) is 0 Å². The third-order valence-corrected chi connectivity index (χ3v) is 3.42. The fraction of sp³-hybridized carbons (Fsp3) is 0.889. The van der Waals surface area contributed by atoms with E-state index in [1.54, 1.807) is 0 Å². The summed E-state index contributed by atoms with van der Waals surface area (Å²) in [4.78, 5) is 11.2. The smallest absolute Gasteiger partial charge is 0.308 e. The quantitative estimate of drug-likeness (QED) is 0.583. The van der Waals surface area contributed by atoms with Crippen LogP contribution in [0, 0.1) is 17.8 Å². The van der Waals surface area contributed by atoms with Crippen LogP contribution >= 0.6 is 0 Å². The van der Waals surface area contributed by atoms with E-state index < -0.39 is 0 Å². The summed E-state index contributed by atoms with van der Waals surface area (Å²) in [5, 5.41) is 0. The number of fused-ring (bicyclic) bond motifs is 2. The minimum absolute atomic E-state index is 0.0330. The fourth-order valence-electron chi connectivity index (χ4n) is 2.76. The highest BCUT2D eigenvalue weighted by atomic mass is 16.5. The van der Waals surface area contributed by atoms with E-state index in [2.05, 4.69) is 0 Å². The summed E-state index contributed by atoms with van der Waals surface area (Å²) in [5.74, 6) is 1.21. The Bertz CT molecular complexity index is 203. The zero-order chi connectivity index (χ0) is 8.72. The number of nitrogens with two attached hydrogens (primary N) is 1. The Labute approximate surface area is 72.3 Å². The number of rotatable bonds is 1. The summed E-state index contributed by atoms with van der Waals surface area (Å²) >= 11 is 0. The van der Waals surface area contributed by atoms with Crippen LogP contribution < -0.4 is 5.73 Å². The van der Waals surface area contributed by atoms with E-state index in [1.165, 1.54) is 7.11 Å². The van der Waals surface area contributed by atoms with Crippen LogP contribution in [0.2, 0.25) is 0 Å². The predicted molar refractivity (Wildman–Crippen MR) is 44.3 cm³/mol. The molecule has 3 nitrogen and oxygen atoms in total. The van der Waals surface area contributed by atoms with Crippen LogP contribution in [0.1, 0.15) is 19.3 Å². The van der Waals surface area contributed by atoms with Gasteiger partial charge in [-0.15, -0.1) is 0 Å². The average Bonchev–Trinajstić information content (AvgIpc) is 2.60. The number of methoxy groups -OCH3 is 1. The third kappa shape index (κ3) is 1.04. The van der Waals surface area contributed by atoms with Gasteiger partial charge in [0.2, 0.25) is 0 Å². The van der Waals surface area contributed by atoms with Gasteiger partial charge in [-0.3, -0.25) is 4.79 Å². The molecule has 2 aliphatic carbocycles. The molecule has 0 heterocycles. The molecule has 0 aromatic carbocycles. The van der Waals surface area contributed by atoms with Gasteiger partial charge in [-0.05, 0) is 31.1 Å². The largest absolute Gasteiger partial charge is 0.469 e. The van der Waals surface area contributed by atoms with Gasteiger partial charge in [0.05, 0.1) is 13.0 Å². The first-order valence-electron chi connectivity index (χ1n) is 4.55. The lowest BCUT2D eigenvalue weighted by Crippen LogP contribution is -2.32. The highest BCUT2D eigenvalue weighted by Crippen LogP contribution is 2.47. The topological polar surface area (TPSA) is 52.3 Å². The molecule has 1 unspecified atom stereocenters. The number of carbonyl (C=O) groups excluding carboxylic acids is 1. The lowest BCUT2D eigenvalue weighted by molar-refractivity contribution is -0.147. The molecule has 0 saturated heterocycles. The van der Waals surface area contributed by atoms with Crippen LogP contribution in [-0.4, -0.2) is 19.1 Å². The molecule has 2 bridgehead atoms. The Morgan fingerprint density at radius 3 is 2.50 bits per heavy atom. The van der Waals surface area contributed by atoms with Crippen molar-refractivity contribution in [3.05, 3.63) is 0 Å². The van der Waals surface area contributed by atoms with Gasteiger partial charge in [-0.25, -0.2) is 0 Å². The van der Waals surface area contributed by atoms with Crippen LogP contribution in [0.3, 0.4) is 0 Å². The van der Waals surface area contributed by atoms with Crippen molar-refractivity contribution in [1.29, 1.82) is 0 Å². The van der Waals surface area contributed by atoms with E-state index in [4.69, 9.17) is 10.5 Å².